The van der Waals surface area contributed by atoms with Crippen LogP contribution >= 0.6 is 11.6 Å². The van der Waals surface area contributed by atoms with Crippen molar-refractivity contribution in [1.82, 2.24) is 9.97 Å². The van der Waals surface area contributed by atoms with E-state index in [0.29, 0.717) is 17.4 Å². The van der Waals surface area contributed by atoms with Crippen molar-refractivity contribution in [3.63, 3.8) is 0 Å². The molecule has 5 heteroatoms. The van der Waals surface area contributed by atoms with Crippen molar-refractivity contribution >= 4 is 17.4 Å². The van der Waals surface area contributed by atoms with Gasteiger partial charge in [-0.15, -0.1) is 0 Å². The zero-order chi connectivity index (χ0) is 12.5. The molecule has 1 aromatic heterocycles. The van der Waals surface area contributed by atoms with Crippen LogP contribution < -0.4 is 5.32 Å². The summed E-state index contributed by atoms with van der Waals surface area (Å²) in [4.78, 5) is 8.09. The number of benzene rings is 1. The Balaban J connectivity index is 1.89. The molecule has 1 heterocycles. The normalized spacial score (nSPS) is 21.7. The van der Waals surface area contributed by atoms with E-state index in [4.69, 9.17) is 11.6 Å². The Morgan fingerprint density at radius 2 is 2.11 bits per heavy atom. The molecule has 4 nitrogen and oxygen atoms in total. The van der Waals surface area contributed by atoms with Crippen LogP contribution in [0.4, 0.5) is 5.82 Å². The third-order valence-electron chi connectivity index (χ3n) is 3.11. The highest BCUT2D eigenvalue weighted by Crippen LogP contribution is 2.33. The molecule has 0 bridgehead atoms. The molecule has 0 fully saturated rings. The molecule has 0 aliphatic heterocycles. The predicted molar refractivity (Wildman–Crippen MR) is 69.6 cm³/mol. The quantitative estimate of drug-likeness (QED) is 0.870. The number of rotatable bonds is 2. The van der Waals surface area contributed by atoms with Gasteiger partial charge in [-0.3, -0.25) is 4.98 Å². The van der Waals surface area contributed by atoms with Crippen molar-refractivity contribution < 1.29 is 5.11 Å². The zero-order valence-corrected chi connectivity index (χ0v) is 10.3. The molecule has 2 aromatic rings. The summed E-state index contributed by atoms with van der Waals surface area (Å²) in [5, 5.41) is 13.6. The molecule has 2 atom stereocenters. The highest BCUT2D eigenvalue weighted by Gasteiger charge is 2.30. The molecule has 3 rings (SSSR count). The first-order valence-electron chi connectivity index (χ1n) is 5.74. The lowest BCUT2D eigenvalue weighted by molar-refractivity contribution is 0.165. The maximum Gasteiger partial charge on any atom is 0.149 e. The number of nitrogens with one attached hydrogen (secondary N) is 1. The number of halogens is 1. The third kappa shape index (κ3) is 2.05. The van der Waals surface area contributed by atoms with Gasteiger partial charge in [0.1, 0.15) is 11.0 Å². The summed E-state index contributed by atoms with van der Waals surface area (Å²) in [5.74, 6) is 0.572. The summed E-state index contributed by atoms with van der Waals surface area (Å²) in [6.07, 6.45) is 3.27. The molecule has 1 aromatic carbocycles. The minimum atomic E-state index is -0.455. The van der Waals surface area contributed by atoms with Crippen LogP contribution in [0, 0.1) is 0 Å². The first kappa shape index (κ1) is 11.4. The number of aliphatic hydroxyl groups excluding tert-OH is 1. The highest BCUT2D eigenvalue weighted by molar-refractivity contribution is 6.29. The lowest BCUT2D eigenvalue weighted by atomic mass is 10.1. The molecule has 0 saturated heterocycles. The van der Waals surface area contributed by atoms with E-state index < -0.39 is 6.10 Å². The van der Waals surface area contributed by atoms with Crippen molar-refractivity contribution in [3.8, 4) is 0 Å². The van der Waals surface area contributed by atoms with E-state index in [0.717, 1.165) is 11.1 Å². The second kappa shape index (κ2) is 4.55. The number of aromatic nitrogens is 2. The smallest absolute Gasteiger partial charge is 0.149 e. The van der Waals surface area contributed by atoms with Gasteiger partial charge in [-0.25, -0.2) is 4.98 Å². The van der Waals surface area contributed by atoms with Crippen LogP contribution in [0.15, 0.2) is 36.7 Å². The Morgan fingerprint density at radius 1 is 1.28 bits per heavy atom. The Labute approximate surface area is 110 Å². The van der Waals surface area contributed by atoms with Crippen molar-refractivity contribution in [2.24, 2.45) is 0 Å². The van der Waals surface area contributed by atoms with E-state index in [1.165, 1.54) is 6.20 Å². The van der Waals surface area contributed by atoms with Crippen LogP contribution in [0.25, 0.3) is 0 Å². The van der Waals surface area contributed by atoms with E-state index in [1.807, 2.05) is 24.3 Å². The predicted octanol–water partition coefficient (Wildman–Crippen LogP) is 2.20. The average molecular weight is 262 g/mol. The molecule has 1 aliphatic rings. The van der Waals surface area contributed by atoms with Gasteiger partial charge in [0, 0.05) is 6.42 Å². The Kier molecular flexibility index (Phi) is 2.89. The lowest BCUT2D eigenvalue weighted by Gasteiger charge is -2.18. The largest absolute Gasteiger partial charge is 0.390 e. The van der Waals surface area contributed by atoms with Crippen molar-refractivity contribution in [3.05, 3.63) is 52.9 Å². The van der Waals surface area contributed by atoms with Gasteiger partial charge < -0.3 is 10.4 Å². The van der Waals surface area contributed by atoms with Crippen LogP contribution in [0.3, 0.4) is 0 Å². The van der Waals surface area contributed by atoms with Crippen molar-refractivity contribution in [2.75, 3.05) is 5.32 Å². The second-order valence-corrected chi connectivity index (χ2v) is 4.71. The standard InChI is InChI=1S/C13H12ClN3O/c14-11-6-15-7-12(16-11)17-13-9-4-2-1-3-8(9)5-10(13)18/h1-4,6-7,10,13,18H,5H2,(H,16,17)/t10-,13+/m0/s1. The fraction of sp³-hybridized carbons (Fsp3) is 0.231. The summed E-state index contributed by atoms with van der Waals surface area (Å²) in [6.45, 7) is 0. The van der Waals surface area contributed by atoms with Gasteiger partial charge in [-0.1, -0.05) is 35.9 Å². The summed E-state index contributed by atoms with van der Waals surface area (Å²) in [7, 11) is 0. The van der Waals surface area contributed by atoms with Crippen LogP contribution in [0.2, 0.25) is 5.15 Å². The van der Waals surface area contributed by atoms with E-state index in [-0.39, 0.29) is 6.04 Å². The number of anilines is 1. The molecule has 92 valence electrons. The number of fused-ring (bicyclic) bond motifs is 1. The molecule has 0 unspecified atom stereocenters. The Bertz CT molecular complexity index is 576. The first-order chi connectivity index (χ1) is 8.74. The average Bonchev–Trinajstić information content (AvgIpc) is 2.66. The summed E-state index contributed by atoms with van der Waals surface area (Å²) in [5.41, 5.74) is 2.27. The fourth-order valence-electron chi connectivity index (χ4n) is 2.32. The maximum atomic E-state index is 10.1. The van der Waals surface area contributed by atoms with Gasteiger partial charge in [0.15, 0.2) is 0 Å². The summed E-state index contributed by atoms with van der Waals surface area (Å²) >= 11 is 5.79. The maximum absolute atomic E-state index is 10.1. The number of nitrogens with zero attached hydrogens (tertiary/aromatic N) is 2. The number of hydrogen-bond acceptors (Lipinski definition) is 4. The molecule has 0 saturated carbocycles. The fourth-order valence-corrected chi connectivity index (χ4v) is 2.47. The highest BCUT2D eigenvalue weighted by atomic mass is 35.5. The zero-order valence-electron chi connectivity index (χ0n) is 9.55. The molecule has 0 amide bonds. The van der Waals surface area contributed by atoms with Gasteiger partial charge in [-0.2, -0.15) is 0 Å². The van der Waals surface area contributed by atoms with Gasteiger partial charge in [0.05, 0.1) is 24.5 Å². The minimum absolute atomic E-state index is 0.158. The lowest BCUT2D eigenvalue weighted by Crippen LogP contribution is -2.21. The van der Waals surface area contributed by atoms with E-state index in [1.54, 1.807) is 6.20 Å². The van der Waals surface area contributed by atoms with Gasteiger partial charge in [0.25, 0.3) is 0 Å². The monoisotopic (exact) mass is 261 g/mol. The summed E-state index contributed by atoms with van der Waals surface area (Å²) in [6, 6.07) is 7.84. The van der Waals surface area contributed by atoms with Crippen LogP contribution in [-0.4, -0.2) is 21.2 Å². The molecular weight excluding hydrogens is 250 g/mol. The van der Waals surface area contributed by atoms with Crippen LogP contribution in [-0.2, 0) is 6.42 Å². The topological polar surface area (TPSA) is 58.0 Å². The Hall–Kier alpha value is -1.65. The van der Waals surface area contributed by atoms with Gasteiger partial charge in [0.2, 0.25) is 0 Å². The SMILES string of the molecule is O[C@H]1Cc2ccccc2[C@H]1Nc1cncc(Cl)n1. The van der Waals surface area contributed by atoms with Gasteiger partial charge >= 0.3 is 0 Å². The van der Waals surface area contributed by atoms with Gasteiger partial charge in [-0.05, 0) is 11.1 Å². The van der Waals surface area contributed by atoms with Crippen molar-refractivity contribution in [1.29, 1.82) is 0 Å². The number of hydrogen-bond donors (Lipinski definition) is 2. The Morgan fingerprint density at radius 3 is 2.94 bits per heavy atom. The minimum Gasteiger partial charge on any atom is -0.390 e. The van der Waals surface area contributed by atoms with Crippen LogP contribution in [0.1, 0.15) is 17.2 Å². The van der Waals surface area contributed by atoms with Crippen molar-refractivity contribution in [2.45, 2.75) is 18.6 Å². The van der Waals surface area contributed by atoms with Crippen LogP contribution in [0.5, 0.6) is 0 Å². The second-order valence-electron chi connectivity index (χ2n) is 4.32. The molecule has 2 N–H and O–H groups in total. The van der Waals surface area contributed by atoms with E-state index >= 15 is 0 Å². The third-order valence-corrected chi connectivity index (χ3v) is 3.29. The first-order valence-corrected chi connectivity index (χ1v) is 6.12. The summed E-state index contributed by atoms with van der Waals surface area (Å²) < 4.78 is 0. The molecule has 0 spiro atoms. The molecule has 1 aliphatic carbocycles. The van der Waals surface area contributed by atoms with E-state index in [9.17, 15) is 5.11 Å². The number of aliphatic hydroxyl groups is 1. The molecular formula is C13H12ClN3O. The van der Waals surface area contributed by atoms with E-state index in [2.05, 4.69) is 15.3 Å². The molecule has 0 radical (unpaired) electrons. The molecule has 18 heavy (non-hydrogen) atoms.